The van der Waals surface area contributed by atoms with E-state index in [1.165, 1.54) is 11.3 Å². The first-order valence-corrected chi connectivity index (χ1v) is 7.68. The number of carbonyl (C=O) groups is 1. The Balaban J connectivity index is 2.39. The number of ketones is 1. The van der Waals surface area contributed by atoms with Crippen LogP contribution in [-0.2, 0) is 0 Å². The minimum Gasteiger partial charge on any atom is -0.493 e. The predicted octanol–water partition coefficient (Wildman–Crippen LogP) is 4.52. The second-order valence-electron chi connectivity index (χ2n) is 3.63. The van der Waals surface area contributed by atoms with E-state index in [0.717, 1.165) is 8.26 Å². The Morgan fingerprint density at radius 1 is 1.11 bits per heavy atom. The summed E-state index contributed by atoms with van der Waals surface area (Å²) >= 11 is 8.15. The van der Waals surface area contributed by atoms with E-state index in [1.54, 1.807) is 38.5 Å². The molecule has 1 aromatic carbocycles. The van der Waals surface area contributed by atoms with Gasteiger partial charge in [-0.25, -0.2) is 0 Å². The number of ether oxygens (including phenoxy) is 2. The molecule has 6 heteroatoms. The third-order valence-corrected chi connectivity index (χ3v) is 5.77. The lowest BCUT2D eigenvalue weighted by molar-refractivity contribution is 0.104. The van der Waals surface area contributed by atoms with Crippen LogP contribution < -0.4 is 9.47 Å². The fourth-order valence-corrected chi connectivity index (χ4v) is 3.58. The standard InChI is InChI=1S/C13H10Br2O3S/c1-17-9-4-3-7(5-10(9)18-2)12(16)11-6-8(14)13(15)19-11/h3-6H,1-2H3. The van der Waals surface area contributed by atoms with E-state index in [1.807, 2.05) is 0 Å². The van der Waals surface area contributed by atoms with Crippen molar-refractivity contribution in [3.63, 3.8) is 0 Å². The molecular formula is C13H10Br2O3S. The molecule has 19 heavy (non-hydrogen) atoms. The van der Waals surface area contributed by atoms with Gasteiger partial charge in [0.05, 0.1) is 22.9 Å². The van der Waals surface area contributed by atoms with Crippen LogP contribution in [0.2, 0.25) is 0 Å². The molecule has 0 unspecified atom stereocenters. The third-order valence-electron chi connectivity index (χ3n) is 2.51. The number of rotatable bonds is 4. The smallest absolute Gasteiger partial charge is 0.203 e. The molecule has 0 atom stereocenters. The maximum absolute atomic E-state index is 12.4. The van der Waals surface area contributed by atoms with E-state index >= 15 is 0 Å². The second-order valence-corrected chi connectivity index (χ2v) is 6.86. The zero-order valence-corrected chi connectivity index (χ0v) is 14.2. The number of hydrogen-bond donors (Lipinski definition) is 0. The van der Waals surface area contributed by atoms with Gasteiger partial charge in [-0.15, -0.1) is 11.3 Å². The minimum atomic E-state index is -0.0441. The molecule has 0 spiro atoms. The van der Waals surface area contributed by atoms with Crippen LogP contribution in [0.15, 0.2) is 32.5 Å². The van der Waals surface area contributed by atoms with Crippen LogP contribution in [0, 0.1) is 0 Å². The highest BCUT2D eigenvalue weighted by Gasteiger charge is 2.16. The molecule has 100 valence electrons. The van der Waals surface area contributed by atoms with Crippen LogP contribution in [0.5, 0.6) is 11.5 Å². The van der Waals surface area contributed by atoms with Gasteiger partial charge >= 0.3 is 0 Å². The summed E-state index contributed by atoms with van der Waals surface area (Å²) in [6.45, 7) is 0. The number of methoxy groups -OCH3 is 2. The molecule has 0 aliphatic carbocycles. The van der Waals surface area contributed by atoms with Gasteiger partial charge in [0.15, 0.2) is 11.5 Å². The fourth-order valence-electron chi connectivity index (χ4n) is 1.58. The van der Waals surface area contributed by atoms with Crippen molar-refractivity contribution in [3.05, 3.63) is 43.0 Å². The fraction of sp³-hybridized carbons (Fsp3) is 0.154. The number of hydrogen-bond acceptors (Lipinski definition) is 4. The SMILES string of the molecule is COc1ccc(C(=O)c2cc(Br)c(Br)s2)cc1OC. The summed E-state index contributed by atoms with van der Waals surface area (Å²) < 4.78 is 12.1. The Labute approximate surface area is 131 Å². The first kappa shape index (κ1) is 14.6. The van der Waals surface area contributed by atoms with Crippen LogP contribution in [0.25, 0.3) is 0 Å². The zero-order chi connectivity index (χ0) is 14.0. The third kappa shape index (κ3) is 3.01. The quantitative estimate of drug-likeness (QED) is 0.701. The van der Waals surface area contributed by atoms with Gasteiger partial charge in [0, 0.05) is 10.0 Å². The minimum absolute atomic E-state index is 0.0441. The summed E-state index contributed by atoms with van der Waals surface area (Å²) in [5.41, 5.74) is 0.568. The molecule has 0 bridgehead atoms. The van der Waals surface area contributed by atoms with Crippen LogP contribution in [0.1, 0.15) is 15.2 Å². The van der Waals surface area contributed by atoms with E-state index < -0.39 is 0 Å². The Kier molecular flexibility index (Phi) is 4.65. The Hall–Kier alpha value is -0.850. The largest absolute Gasteiger partial charge is 0.493 e. The molecule has 0 fully saturated rings. The van der Waals surface area contributed by atoms with Gasteiger partial charge in [-0.2, -0.15) is 0 Å². The van der Waals surface area contributed by atoms with E-state index in [9.17, 15) is 4.79 Å². The second kappa shape index (κ2) is 6.07. The summed E-state index contributed by atoms with van der Waals surface area (Å²) in [5.74, 6) is 1.10. The topological polar surface area (TPSA) is 35.5 Å². The van der Waals surface area contributed by atoms with Crippen molar-refractivity contribution in [2.45, 2.75) is 0 Å². The maximum Gasteiger partial charge on any atom is 0.203 e. The summed E-state index contributed by atoms with van der Waals surface area (Å²) in [6.07, 6.45) is 0. The van der Waals surface area contributed by atoms with E-state index in [0.29, 0.717) is 21.9 Å². The highest BCUT2D eigenvalue weighted by molar-refractivity contribution is 9.13. The van der Waals surface area contributed by atoms with Crippen LogP contribution in [-0.4, -0.2) is 20.0 Å². The first-order valence-electron chi connectivity index (χ1n) is 5.28. The molecule has 0 saturated carbocycles. The van der Waals surface area contributed by atoms with Crippen LogP contribution >= 0.6 is 43.2 Å². The number of carbonyl (C=O) groups excluding carboxylic acids is 1. The molecule has 3 nitrogen and oxygen atoms in total. The molecule has 0 N–H and O–H groups in total. The number of thiophene rings is 1. The van der Waals surface area contributed by atoms with Gasteiger partial charge in [-0.3, -0.25) is 4.79 Å². The first-order chi connectivity index (χ1) is 9.06. The van der Waals surface area contributed by atoms with Gasteiger partial charge in [0.1, 0.15) is 0 Å². The van der Waals surface area contributed by atoms with Crippen molar-refractivity contribution < 1.29 is 14.3 Å². The lowest BCUT2D eigenvalue weighted by Crippen LogP contribution is -2.00. The van der Waals surface area contributed by atoms with Gasteiger partial charge in [0.2, 0.25) is 5.78 Å². The van der Waals surface area contributed by atoms with Gasteiger partial charge < -0.3 is 9.47 Å². The normalized spacial score (nSPS) is 10.3. The monoisotopic (exact) mass is 404 g/mol. The number of halogens is 2. The van der Waals surface area contributed by atoms with Crippen molar-refractivity contribution in [2.75, 3.05) is 14.2 Å². The van der Waals surface area contributed by atoms with Gasteiger partial charge in [0.25, 0.3) is 0 Å². The van der Waals surface area contributed by atoms with E-state index in [-0.39, 0.29) is 5.78 Å². The Morgan fingerprint density at radius 3 is 2.32 bits per heavy atom. The molecule has 2 aromatic rings. The molecule has 0 radical (unpaired) electrons. The molecule has 1 aromatic heterocycles. The molecular weight excluding hydrogens is 396 g/mol. The van der Waals surface area contributed by atoms with Crippen molar-refractivity contribution >= 4 is 49.0 Å². The average molecular weight is 406 g/mol. The highest BCUT2D eigenvalue weighted by atomic mass is 79.9. The maximum atomic E-state index is 12.4. The molecule has 0 aliphatic rings. The van der Waals surface area contributed by atoms with E-state index in [2.05, 4.69) is 31.9 Å². The van der Waals surface area contributed by atoms with Crippen molar-refractivity contribution in [1.29, 1.82) is 0 Å². The average Bonchev–Trinajstić information content (AvgIpc) is 2.77. The molecule has 2 rings (SSSR count). The summed E-state index contributed by atoms with van der Waals surface area (Å²) in [5, 5.41) is 0. The van der Waals surface area contributed by atoms with Crippen molar-refractivity contribution in [1.82, 2.24) is 0 Å². The highest BCUT2D eigenvalue weighted by Crippen LogP contribution is 2.35. The predicted molar refractivity (Wildman–Crippen MR) is 82.7 cm³/mol. The van der Waals surface area contributed by atoms with Gasteiger partial charge in [-0.1, -0.05) is 0 Å². The molecule has 0 saturated heterocycles. The lowest BCUT2D eigenvalue weighted by Gasteiger charge is -2.08. The Bertz CT molecular complexity index is 603. The molecule has 0 amide bonds. The molecule has 1 heterocycles. The lowest BCUT2D eigenvalue weighted by atomic mass is 10.1. The van der Waals surface area contributed by atoms with E-state index in [4.69, 9.17) is 9.47 Å². The Morgan fingerprint density at radius 2 is 1.79 bits per heavy atom. The zero-order valence-electron chi connectivity index (χ0n) is 10.2. The molecule has 0 aliphatic heterocycles. The number of benzene rings is 1. The van der Waals surface area contributed by atoms with Crippen LogP contribution in [0.3, 0.4) is 0 Å². The van der Waals surface area contributed by atoms with Crippen molar-refractivity contribution in [3.8, 4) is 11.5 Å². The summed E-state index contributed by atoms with van der Waals surface area (Å²) in [6, 6.07) is 6.94. The van der Waals surface area contributed by atoms with Crippen LogP contribution in [0.4, 0.5) is 0 Å². The van der Waals surface area contributed by atoms with Gasteiger partial charge in [-0.05, 0) is 56.1 Å². The van der Waals surface area contributed by atoms with Crippen molar-refractivity contribution in [2.24, 2.45) is 0 Å². The summed E-state index contributed by atoms with van der Waals surface area (Å²) in [4.78, 5) is 13.0. The summed E-state index contributed by atoms with van der Waals surface area (Å²) in [7, 11) is 3.11.